The van der Waals surface area contributed by atoms with E-state index in [0.29, 0.717) is 29.0 Å². The van der Waals surface area contributed by atoms with Gasteiger partial charge in [-0.15, -0.1) is 0 Å². The highest BCUT2D eigenvalue weighted by molar-refractivity contribution is 5.94. The molecule has 4 nitrogen and oxygen atoms in total. The number of methoxy groups -OCH3 is 2. The summed E-state index contributed by atoms with van der Waals surface area (Å²) in [6.45, 7) is 0. The van der Waals surface area contributed by atoms with Gasteiger partial charge in [0.1, 0.15) is 11.5 Å². The van der Waals surface area contributed by atoms with Crippen LogP contribution in [-0.2, 0) is 4.79 Å². The molecule has 0 spiro atoms. The first kappa shape index (κ1) is 13.0. The van der Waals surface area contributed by atoms with Crippen LogP contribution in [0.25, 0.3) is 0 Å². The summed E-state index contributed by atoms with van der Waals surface area (Å²) in [4.78, 5) is 12.4. The molecule has 0 heterocycles. The highest BCUT2D eigenvalue weighted by Crippen LogP contribution is 2.44. The van der Waals surface area contributed by atoms with Crippen molar-refractivity contribution in [2.24, 2.45) is 17.8 Å². The molecule has 1 amide bonds. The Balaban J connectivity index is 1.74. The zero-order valence-corrected chi connectivity index (χ0v) is 11.8. The van der Waals surface area contributed by atoms with E-state index in [-0.39, 0.29) is 11.8 Å². The fourth-order valence-electron chi connectivity index (χ4n) is 3.21. The van der Waals surface area contributed by atoms with Crippen molar-refractivity contribution in [3.05, 3.63) is 30.4 Å². The number of hydrogen-bond acceptors (Lipinski definition) is 3. The van der Waals surface area contributed by atoms with Crippen molar-refractivity contribution in [2.45, 2.75) is 12.8 Å². The van der Waals surface area contributed by atoms with Crippen LogP contribution in [0.4, 0.5) is 5.69 Å². The molecule has 3 rings (SSSR count). The maximum atomic E-state index is 12.4. The van der Waals surface area contributed by atoms with Crippen LogP contribution in [-0.4, -0.2) is 20.1 Å². The molecular weight excluding hydrogens is 254 g/mol. The van der Waals surface area contributed by atoms with Crippen molar-refractivity contribution < 1.29 is 14.3 Å². The van der Waals surface area contributed by atoms with Gasteiger partial charge in [0.05, 0.1) is 19.9 Å². The molecule has 3 atom stereocenters. The molecule has 2 bridgehead atoms. The Labute approximate surface area is 118 Å². The molecule has 2 aliphatic rings. The first-order chi connectivity index (χ1) is 9.71. The minimum Gasteiger partial charge on any atom is -0.497 e. The Morgan fingerprint density at radius 2 is 2.05 bits per heavy atom. The molecule has 1 N–H and O–H groups in total. The number of rotatable bonds is 4. The number of amides is 1. The minimum absolute atomic E-state index is 0.0883. The second kappa shape index (κ2) is 5.19. The molecule has 0 aromatic heterocycles. The molecule has 0 saturated heterocycles. The van der Waals surface area contributed by atoms with E-state index >= 15 is 0 Å². The van der Waals surface area contributed by atoms with Crippen molar-refractivity contribution >= 4 is 11.6 Å². The van der Waals surface area contributed by atoms with Gasteiger partial charge in [-0.1, -0.05) is 12.2 Å². The summed E-state index contributed by atoms with van der Waals surface area (Å²) in [5, 5.41) is 2.99. The molecule has 3 unspecified atom stereocenters. The zero-order valence-electron chi connectivity index (χ0n) is 11.8. The van der Waals surface area contributed by atoms with Gasteiger partial charge in [-0.25, -0.2) is 0 Å². The van der Waals surface area contributed by atoms with Crippen molar-refractivity contribution in [2.75, 3.05) is 19.5 Å². The van der Waals surface area contributed by atoms with E-state index in [1.807, 2.05) is 12.1 Å². The Kier molecular flexibility index (Phi) is 3.38. The van der Waals surface area contributed by atoms with Gasteiger partial charge in [0, 0.05) is 12.0 Å². The fraction of sp³-hybridized carbons (Fsp3) is 0.438. The highest BCUT2D eigenvalue weighted by atomic mass is 16.5. The van der Waals surface area contributed by atoms with Gasteiger partial charge < -0.3 is 14.8 Å². The molecule has 1 saturated carbocycles. The molecule has 20 heavy (non-hydrogen) atoms. The molecule has 0 radical (unpaired) electrons. The first-order valence-corrected chi connectivity index (χ1v) is 6.92. The van der Waals surface area contributed by atoms with Crippen LogP contribution in [0.2, 0.25) is 0 Å². The lowest BCUT2D eigenvalue weighted by molar-refractivity contribution is -0.120. The SMILES string of the molecule is COc1ccc(NC(=O)C2CC3C=CC2C3)c(OC)c1. The van der Waals surface area contributed by atoms with Gasteiger partial charge in [-0.3, -0.25) is 4.79 Å². The second-order valence-electron chi connectivity index (χ2n) is 5.44. The van der Waals surface area contributed by atoms with E-state index in [4.69, 9.17) is 9.47 Å². The summed E-state index contributed by atoms with van der Waals surface area (Å²) in [6.07, 6.45) is 6.51. The third-order valence-corrected chi connectivity index (χ3v) is 4.28. The first-order valence-electron chi connectivity index (χ1n) is 6.92. The van der Waals surface area contributed by atoms with Crippen molar-refractivity contribution in [3.8, 4) is 11.5 Å². The number of carbonyl (C=O) groups excluding carboxylic acids is 1. The standard InChI is InChI=1S/C16H19NO3/c1-19-12-5-6-14(15(9-12)20-2)17-16(18)13-8-10-3-4-11(13)7-10/h3-6,9-11,13H,7-8H2,1-2H3,(H,17,18). The van der Waals surface area contributed by atoms with E-state index < -0.39 is 0 Å². The number of carbonyl (C=O) groups is 1. The van der Waals surface area contributed by atoms with Gasteiger partial charge in [0.15, 0.2) is 0 Å². The van der Waals surface area contributed by atoms with Gasteiger partial charge in [-0.2, -0.15) is 0 Å². The van der Waals surface area contributed by atoms with Crippen LogP contribution >= 0.6 is 0 Å². The van der Waals surface area contributed by atoms with Crippen LogP contribution in [0.1, 0.15) is 12.8 Å². The minimum atomic E-state index is 0.0883. The van der Waals surface area contributed by atoms with E-state index in [0.717, 1.165) is 12.8 Å². The lowest BCUT2D eigenvalue weighted by Crippen LogP contribution is -2.26. The Morgan fingerprint density at radius 3 is 2.65 bits per heavy atom. The van der Waals surface area contributed by atoms with E-state index in [2.05, 4.69) is 17.5 Å². The van der Waals surface area contributed by atoms with Crippen molar-refractivity contribution in [1.82, 2.24) is 0 Å². The molecule has 0 aliphatic heterocycles. The molecule has 4 heteroatoms. The normalized spacial score (nSPS) is 26.6. The number of benzene rings is 1. The smallest absolute Gasteiger partial charge is 0.228 e. The van der Waals surface area contributed by atoms with Crippen molar-refractivity contribution in [3.63, 3.8) is 0 Å². The monoisotopic (exact) mass is 273 g/mol. The molecule has 2 aliphatic carbocycles. The zero-order chi connectivity index (χ0) is 14.1. The van der Waals surface area contributed by atoms with Crippen LogP contribution in [0.15, 0.2) is 30.4 Å². The number of nitrogens with one attached hydrogen (secondary N) is 1. The van der Waals surface area contributed by atoms with Crippen LogP contribution in [0.5, 0.6) is 11.5 Å². The summed E-state index contributed by atoms with van der Waals surface area (Å²) in [5.74, 6) is 2.51. The van der Waals surface area contributed by atoms with Gasteiger partial charge in [0.25, 0.3) is 0 Å². The van der Waals surface area contributed by atoms with Gasteiger partial charge >= 0.3 is 0 Å². The average Bonchev–Trinajstić information content (AvgIpc) is 3.10. The fourth-order valence-corrected chi connectivity index (χ4v) is 3.21. The summed E-state index contributed by atoms with van der Waals surface area (Å²) >= 11 is 0. The van der Waals surface area contributed by atoms with Crippen LogP contribution < -0.4 is 14.8 Å². The third kappa shape index (κ3) is 2.26. The molecule has 1 aromatic carbocycles. The summed E-state index contributed by atoms with van der Waals surface area (Å²) in [6, 6.07) is 5.41. The molecular formula is C16H19NO3. The summed E-state index contributed by atoms with van der Waals surface area (Å²) < 4.78 is 10.5. The highest BCUT2D eigenvalue weighted by Gasteiger charge is 2.39. The topological polar surface area (TPSA) is 47.6 Å². The lowest BCUT2D eigenvalue weighted by Gasteiger charge is -2.19. The largest absolute Gasteiger partial charge is 0.497 e. The molecule has 1 aromatic rings. The number of fused-ring (bicyclic) bond motifs is 2. The van der Waals surface area contributed by atoms with Crippen LogP contribution in [0.3, 0.4) is 0 Å². The third-order valence-electron chi connectivity index (χ3n) is 4.28. The van der Waals surface area contributed by atoms with Crippen LogP contribution in [0, 0.1) is 17.8 Å². The lowest BCUT2D eigenvalue weighted by atomic mass is 9.93. The van der Waals surface area contributed by atoms with E-state index in [9.17, 15) is 4.79 Å². The maximum absolute atomic E-state index is 12.4. The van der Waals surface area contributed by atoms with Crippen molar-refractivity contribution in [1.29, 1.82) is 0 Å². The van der Waals surface area contributed by atoms with Gasteiger partial charge in [0.2, 0.25) is 5.91 Å². The Hall–Kier alpha value is -1.97. The van der Waals surface area contributed by atoms with E-state index in [1.54, 1.807) is 20.3 Å². The predicted octanol–water partition coefficient (Wildman–Crippen LogP) is 2.85. The number of allylic oxidation sites excluding steroid dienone is 2. The Bertz CT molecular complexity index is 553. The average molecular weight is 273 g/mol. The molecule has 106 valence electrons. The number of hydrogen-bond donors (Lipinski definition) is 1. The number of ether oxygens (including phenoxy) is 2. The van der Waals surface area contributed by atoms with E-state index in [1.165, 1.54) is 0 Å². The molecule has 1 fully saturated rings. The summed E-state index contributed by atoms with van der Waals surface area (Å²) in [5.41, 5.74) is 0.699. The second-order valence-corrected chi connectivity index (χ2v) is 5.44. The number of anilines is 1. The quantitative estimate of drug-likeness (QED) is 0.858. The van der Waals surface area contributed by atoms with Gasteiger partial charge in [-0.05, 0) is 36.8 Å². The Morgan fingerprint density at radius 1 is 1.20 bits per heavy atom. The predicted molar refractivity (Wildman–Crippen MR) is 77.0 cm³/mol. The maximum Gasteiger partial charge on any atom is 0.228 e. The summed E-state index contributed by atoms with van der Waals surface area (Å²) in [7, 11) is 3.19.